The average molecular weight is 361 g/mol. The van der Waals surface area contributed by atoms with Crippen LogP contribution in [0.1, 0.15) is 12.5 Å². The van der Waals surface area contributed by atoms with Crippen molar-refractivity contribution in [1.82, 2.24) is 15.5 Å². The summed E-state index contributed by atoms with van der Waals surface area (Å²) in [6.07, 6.45) is 0. The molecule has 0 aromatic heterocycles. The van der Waals surface area contributed by atoms with Crippen molar-refractivity contribution in [2.45, 2.75) is 13.8 Å². The molecule has 2 rings (SSSR count). The average Bonchev–Trinajstić information content (AvgIpc) is 2.65. The molecule has 0 radical (unpaired) electrons. The number of hydrogen-bond acceptors (Lipinski definition) is 4. The van der Waals surface area contributed by atoms with Crippen LogP contribution < -0.4 is 15.5 Å². The number of amides is 1. The van der Waals surface area contributed by atoms with Crippen molar-refractivity contribution in [1.29, 1.82) is 0 Å². The third-order valence-electron chi connectivity index (χ3n) is 4.28. The Bertz CT molecular complexity index is 597. The normalized spacial score (nSPS) is 15.1. The number of carbonyl (C=O) groups is 1. The molecule has 7 nitrogen and oxygen atoms in total. The Kier molecular flexibility index (Phi) is 8.21. The number of piperazine rings is 1. The first-order valence-electron chi connectivity index (χ1n) is 9.24. The second-order valence-electron chi connectivity index (χ2n) is 6.33. The van der Waals surface area contributed by atoms with Crippen LogP contribution in [0.5, 0.6) is 0 Å². The Balaban J connectivity index is 1.88. The van der Waals surface area contributed by atoms with E-state index < -0.39 is 0 Å². The van der Waals surface area contributed by atoms with Crippen LogP contribution in [-0.2, 0) is 9.53 Å². The maximum atomic E-state index is 11.9. The molecule has 144 valence electrons. The molecule has 0 unspecified atom stereocenters. The minimum absolute atomic E-state index is 0.0872. The highest BCUT2D eigenvalue weighted by atomic mass is 16.5. The number of guanidine groups is 1. The van der Waals surface area contributed by atoms with Crippen molar-refractivity contribution in [2.24, 2.45) is 4.99 Å². The molecule has 1 aliphatic heterocycles. The van der Waals surface area contributed by atoms with Crippen molar-refractivity contribution in [3.8, 4) is 0 Å². The van der Waals surface area contributed by atoms with Crippen LogP contribution >= 0.6 is 0 Å². The van der Waals surface area contributed by atoms with Crippen LogP contribution in [-0.4, -0.2) is 76.3 Å². The number of aryl methyl sites for hydroxylation is 1. The third kappa shape index (κ3) is 6.22. The lowest BCUT2D eigenvalue weighted by molar-refractivity contribution is -0.119. The highest BCUT2D eigenvalue weighted by Gasteiger charge is 2.20. The van der Waals surface area contributed by atoms with Crippen LogP contribution in [0.25, 0.3) is 0 Å². The predicted octanol–water partition coefficient (Wildman–Crippen LogP) is 0.845. The quantitative estimate of drug-likeness (QED) is 0.428. The second kappa shape index (κ2) is 10.7. The van der Waals surface area contributed by atoms with Gasteiger partial charge in [-0.1, -0.05) is 12.1 Å². The van der Waals surface area contributed by atoms with Gasteiger partial charge in [0.25, 0.3) is 0 Å². The molecular formula is C19H31N5O2. The molecule has 1 heterocycles. The molecular weight excluding hydrogens is 330 g/mol. The van der Waals surface area contributed by atoms with E-state index in [-0.39, 0.29) is 12.5 Å². The molecule has 1 amide bonds. The molecule has 0 bridgehead atoms. The van der Waals surface area contributed by atoms with E-state index in [0.717, 1.165) is 38.7 Å². The standard InChI is InChI=1S/C19H31N5O2/c1-4-20-19(22-15-18(25)21-8-13-26-3)24-11-9-23(10-12-24)17-7-5-6-16(2)14-17/h5-7,14H,4,8-13,15H2,1-3H3,(H,20,22)(H,21,25). The zero-order valence-electron chi connectivity index (χ0n) is 16.1. The number of hydrogen-bond donors (Lipinski definition) is 2. The number of methoxy groups -OCH3 is 1. The summed E-state index contributed by atoms with van der Waals surface area (Å²) >= 11 is 0. The Morgan fingerprint density at radius 1 is 1.23 bits per heavy atom. The van der Waals surface area contributed by atoms with E-state index in [1.807, 2.05) is 6.92 Å². The Morgan fingerprint density at radius 3 is 2.65 bits per heavy atom. The molecule has 0 aliphatic carbocycles. The molecule has 1 saturated heterocycles. The van der Waals surface area contributed by atoms with Gasteiger partial charge in [0.1, 0.15) is 6.54 Å². The molecule has 1 aliphatic rings. The largest absolute Gasteiger partial charge is 0.383 e. The third-order valence-corrected chi connectivity index (χ3v) is 4.28. The zero-order valence-corrected chi connectivity index (χ0v) is 16.1. The summed E-state index contributed by atoms with van der Waals surface area (Å²) in [6, 6.07) is 8.60. The number of anilines is 1. The molecule has 1 fully saturated rings. The van der Waals surface area contributed by atoms with E-state index in [4.69, 9.17) is 4.74 Å². The van der Waals surface area contributed by atoms with Gasteiger partial charge in [0.2, 0.25) is 5.91 Å². The summed E-state index contributed by atoms with van der Waals surface area (Å²) in [6.45, 7) is 9.72. The van der Waals surface area contributed by atoms with Gasteiger partial charge in [-0.05, 0) is 31.5 Å². The number of benzene rings is 1. The van der Waals surface area contributed by atoms with Crippen LogP contribution in [0.2, 0.25) is 0 Å². The van der Waals surface area contributed by atoms with E-state index >= 15 is 0 Å². The lowest BCUT2D eigenvalue weighted by atomic mass is 10.2. The summed E-state index contributed by atoms with van der Waals surface area (Å²) in [5, 5.41) is 6.08. The van der Waals surface area contributed by atoms with Crippen LogP contribution in [0.15, 0.2) is 29.3 Å². The molecule has 1 aromatic rings. The Labute approximate surface area is 156 Å². The van der Waals surface area contributed by atoms with Gasteiger partial charge in [-0.2, -0.15) is 0 Å². The van der Waals surface area contributed by atoms with E-state index in [2.05, 4.69) is 56.6 Å². The summed E-state index contributed by atoms with van der Waals surface area (Å²) in [5.74, 6) is 0.717. The molecule has 7 heteroatoms. The van der Waals surface area contributed by atoms with Crippen molar-refractivity contribution in [3.05, 3.63) is 29.8 Å². The van der Waals surface area contributed by atoms with Gasteiger partial charge >= 0.3 is 0 Å². The fraction of sp³-hybridized carbons (Fsp3) is 0.579. The Hall–Kier alpha value is -2.28. The highest BCUT2D eigenvalue weighted by molar-refractivity contribution is 5.85. The summed E-state index contributed by atoms with van der Waals surface area (Å²) < 4.78 is 4.93. The highest BCUT2D eigenvalue weighted by Crippen LogP contribution is 2.17. The number of nitrogens with one attached hydrogen (secondary N) is 2. The van der Waals surface area contributed by atoms with Gasteiger partial charge in [-0.15, -0.1) is 0 Å². The minimum atomic E-state index is -0.0872. The number of ether oxygens (including phenoxy) is 1. The molecule has 0 spiro atoms. The topological polar surface area (TPSA) is 69.2 Å². The first kappa shape index (κ1) is 20.0. The maximum absolute atomic E-state index is 11.9. The van der Waals surface area contributed by atoms with Crippen molar-refractivity contribution < 1.29 is 9.53 Å². The number of rotatable bonds is 7. The van der Waals surface area contributed by atoms with E-state index in [1.54, 1.807) is 7.11 Å². The fourth-order valence-electron chi connectivity index (χ4n) is 2.92. The predicted molar refractivity (Wildman–Crippen MR) is 106 cm³/mol. The maximum Gasteiger partial charge on any atom is 0.241 e. The lowest BCUT2D eigenvalue weighted by Gasteiger charge is -2.37. The van der Waals surface area contributed by atoms with Crippen molar-refractivity contribution in [2.75, 3.05) is 64.4 Å². The Morgan fingerprint density at radius 2 is 2.00 bits per heavy atom. The van der Waals surface area contributed by atoms with Crippen molar-refractivity contribution >= 4 is 17.6 Å². The van der Waals surface area contributed by atoms with E-state index in [9.17, 15) is 4.79 Å². The first-order valence-corrected chi connectivity index (χ1v) is 9.24. The first-order chi connectivity index (χ1) is 12.6. The fourth-order valence-corrected chi connectivity index (χ4v) is 2.92. The molecule has 0 atom stereocenters. The molecule has 26 heavy (non-hydrogen) atoms. The van der Waals surface area contributed by atoms with Gasteiger partial charge in [0, 0.05) is 52.1 Å². The van der Waals surface area contributed by atoms with E-state index in [0.29, 0.717) is 13.2 Å². The number of aliphatic imine (C=N–C) groups is 1. The van der Waals surface area contributed by atoms with Gasteiger partial charge in [-0.3, -0.25) is 4.79 Å². The monoisotopic (exact) mass is 361 g/mol. The summed E-state index contributed by atoms with van der Waals surface area (Å²) in [4.78, 5) is 21.0. The zero-order chi connectivity index (χ0) is 18.8. The van der Waals surface area contributed by atoms with Crippen molar-refractivity contribution in [3.63, 3.8) is 0 Å². The molecule has 0 saturated carbocycles. The van der Waals surface area contributed by atoms with Gasteiger partial charge in [-0.25, -0.2) is 4.99 Å². The second-order valence-corrected chi connectivity index (χ2v) is 6.33. The SMILES string of the molecule is CCNC(=NCC(=O)NCCOC)N1CCN(c2cccc(C)c2)CC1. The van der Waals surface area contributed by atoms with Crippen LogP contribution in [0.4, 0.5) is 5.69 Å². The van der Waals surface area contributed by atoms with Gasteiger partial charge in [0.15, 0.2) is 5.96 Å². The van der Waals surface area contributed by atoms with Crippen LogP contribution in [0, 0.1) is 6.92 Å². The number of nitrogens with zero attached hydrogens (tertiary/aromatic N) is 3. The smallest absolute Gasteiger partial charge is 0.241 e. The van der Waals surface area contributed by atoms with Crippen LogP contribution in [0.3, 0.4) is 0 Å². The lowest BCUT2D eigenvalue weighted by Crippen LogP contribution is -2.52. The number of carbonyl (C=O) groups excluding carboxylic acids is 1. The molecule has 1 aromatic carbocycles. The minimum Gasteiger partial charge on any atom is -0.383 e. The van der Waals surface area contributed by atoms with E-state index in [1.165, 1.54) is 11.3 Å². The van der Waals surface area contributed by atoms with Gasteiger partial charge in [0.05, 0.1) is 6.61 Å². The van der Waals surface area contributed by atoms with Gasteiger partial charge < -0.3 is 25.2 Å². The summed E-state index contributed by atoms with van der Waals surface area (Å²) in [5.41, 5.74) is 2.54. The summed E-state index contributed by atoms with van der Waals surface area (Å²) in [7, 11) is 1.62. The molecule has 2 N–H and O–H groups in total.